The van der Waals surface area contributed by atoms with Gasteiger partial charge in [-0.3, -0.25) is 0 Å². The van der Waals surface area contributed by atoms with E-state index in [2.05, 4.69) is 5.32 Å². The normalized spacial score (nSPS) is 16.7. The third kappa shape index (κ3) is 2.99. The topological polar surface area (TPSA) is 12.0 Å². The van der Waals surface area contributed by atoms with Crippen molar-refractivity contribution in [2.45, 2.75) is 38.3 Å². The lowest BCUT2D eigenvalue weighted by atomic mass is 10.1. The molecule has 0 amide bonds. The first kappa shape index (κ1) is 10.6. The summed E-state index contributed by atoms with van der Waals surface area (Å²) in [7, 11) is 0. The van der Waals surface area contributed by atoms with Crippen molar-refractivity contribution in [2.24, 2.45) is 0 Å². The van der Waals surface area contributed by atoms with Crippen LogP contribution >= 0.6 is 0 Å². The highest BCUT2D eigenvalue weighted by atomic mass is 19.3. The zero-order valence-electron chi connectivity index (χ0n) is 8.76. The molecule has 0 radical (unpaired) electrons. The monoisotopic (exact) mass is 211 g/mol. The molecule has 82 valence electrons. The summed E-state index contributed by atoms with van der Waals surface area (Å²) in [5, 5.41) is 3.34. The minimum Gasteiger partial charge on any atom is -0.310 e. The predicted octanol–water partition coefficient (Wildman–Crippen LogP) is 3.05. The van der Waals surface area contributed by atoms with Gasteiger partial charge >= 0.3 is 0 Å². The molecule has 1 aliphatic carbocycles. The number of hydrogen-bond donors (Lipinski definition) is 1. The van der Waals surface area contributed by atoms with Crippen molar-refractivity contribution in [3.63, 3.8) is 0 Å². The molecule has 1 nitrogen and oxygen atoms in total. The molecule has 0 spiro atoms. The SMILES string of the molecule is CC(F)(F)c1ccc(CNC2CC2)cc1. The highest BCUT2D eigenvalue weighted by Crippen LogP contribution is 2.27. The average molecular weight is 211 g/mol. The van der Waals surface area contributed by atoms with Gasteiger partial charge in [-0.2, -0.15) is 0 Å². The van der Waals surface area contributed by atoms with Crippen LogP contribution in [0.4, 0.5) is 8.78 Å². The summed E-state index contributed by atoms with van der Waals surface area (Å²) < 4.78 is 25.8. The predicted molar refractivity (Wildman–Crippen MR) is 55.9 cm³/mol. The number of alkyl halides is 2. The van der Waals surface area contributed by atoms with Crippen molar-refractivity contribution in [3.05, 3.63) is 35.4 Å². The summed E-state index contributed by atoms with van der Waals surface area (Å²) in [5.74, 6) is -2.73. The van der Waals surface area contributed by atoms with Gasteiger partial charge in [0.25, 0.3) is 5.92 Å². The summed E-state index contributed by atoms with van der Waals surface area (Å²) in [5.41, 5.74) is 1.15. The van der Waals surface area contributed by atoms with Crippen LogP contribution in [0.15, 0.2) is 24.3 Å². The zero-order chi connectivity index (χ0) is 10.9. The zero-order valence-corrected chi connectivity index (χ0v) is 8.76. The van der Waals surface area contributed by atoms with E-state index in [4.69, 9.17) is 0 Å². The molecule has 1 saturated carbocycles. The number of halogens is 2. The van der Waals surface area contributed by atoms with E-state index in [1.807, 2.05) is 0 Å². The van der Waals surface area contributed by atoms with Gasteiger partial charge in [0.05, 0.1) is 0 Å². The quantitative estimate of drug-likeness (QED) is 0.807. The lowest BCUT2D eigenvalue weighted by molar-refractivity contribution is 0.0174. The van der Waals surface area contributed by atoms with Crippen LogP contribution in [0, 0.1) is 0 Å². The molecular weight excluding hydrogens is 196 g/mol. The standard InChI is InChI=1S/C12H15F2N/c1-12(13,14)10-4-2-9(3-5-10)8-15-11-6-7-11/h2-5,11,15H,6-8H2,1H3. The molecule has 1 aliphatic rings. The Hall–Kier alpha value is -0.960. The van der Waals surface area contributed by atoms with Crippen molar-refractivity contribution >= 4 is 0 Å². The van der Waals surface area contributed by atoms with Gasteiger partial charge in [0.1, 0.15) is 0 Å². The Morgan fingerprint density at radius 3 is 2.33 bits per heavy atom. The Morgan fingerprint density at radius 2 is 1.87 bits per heavy atom. The van der Waals surface area contributed by atoms with Crippen molar-refractivity contribution in [3.8, 4) is 0 Å². The molecule has 0 saturated heterocycles. The Balaban J connectivity index is 1.96. The third-order valence-electron chi connectivity index (χ3n) is 2.63. The minimum atomic E-state index is -2.73. The second-order valence-electron chi connectivity index (χ2n) is 4.24. The second-order valence-corrected chi connectivity index (χ2v) is 4.24. The molecule has 0 aromatic heterocycles. The van der Waals surface area contributed by atoms with E-state index in [0.717, 1.165) is 19.0 Å². The van der Waals surface area contributed by atoms with Crippen LogP contribution in [0.2, 0.25) is 0 Å². The van der Waals surface area contributed by atoms with E-state index in [0.29, 0.717) is 6.04 Å². The number of hydrogen-bond acceptors (Lipinski definition) is 1. The first-order valence-corrected chi connectivity index (χ1v) is 5.26. The van der Waals surface area contributed by atoms with Crippen LogP contribution in [0.3, 0.4) is 0 Å². The Bertz CT molecular complexity index is 322. The summed E-state index contributed by atoms with van der Waals surface area (Å²) in [6.07, 6.45) is 2.48. The Morgan fingerprint density at radius 1 is 1.27 bits per heavy atom. The van der Waals surface area contributed by atoms with E-state index in [1.54, 1.807) is 12.1 Å². The lowest BCUT2D eigenvalue weighted by Gasteiger charge is -2.11. The first-order valence-electron chi connectivity index (χ1n) is 5.26. The summed E-state index contributed by atoms with van der Waals surface area (Å²) in [6, 6.07) is 7.19. The van der Waals surface area contributed by atoms with Crippen LogP contribution in [0.1, 0.15) is 30.9 Å². The van der Waals surface area contributed by atoms with Gasteiger partial charge in [0.15, 0.2) is 0 Å². The smallest absolute Gasteiger partial charge is 0.270 e. The van der Waals surface area contributed by atoms with Crippen molar-refractivity contribution in [1.29, 1.82) is 0 Å². The number of nitrogens with one attached hydrogen (secondary N) is 1. The molecule has 0 atom stereocenters. The van der Waals surface area contributed by atoms with Crippen LogP contribution in [-0.4, -0.2) is 6.04 Å². The molecular formula is C12H15F2N. The molecule has 0 aliphatic heterocycles. The largest absolute Gasteiger partial charge is 0.310 e. The first-order chi connectivity index (χ1) is 7.05. The molecule has 3 heteroatoms. The fourth-order valence-corrected chi connectivity index (χ4v) is 1.46. The Labute approximate surface area is 88.5 Å². The number of benzene rings is 1. The highest BCUT2D eigenvalue weighted by Gasteiger charge is 2.24. The summed E-state index contributed by atoms with van der Waals surface area (Å²) in [4.78, 5) is 0. The van der Waals surface area contributed by atoms with E-state index in [1.165, 1.54) is 25.0 Å². The molecule has 0 heterocycles. The molecule has 1 aromatic rings. The Kier molecular flexibility index (Phi) is 2.74. The molecule has 15 heavy (non-hydrogen) atoms. The van der Waals surface area contributed by atoms with Gasteiger partial charge < -0.3 is 5.32 Å². The summed E-state index contributed by atoms with van der Waals surface area (Å²) >= 11 is 0. The van der Waals surface area contributed by atoms with E-state index >= 15 is 0 Å². The maximum atomic E-state index is 12.9. The van der Waals surface area contributed by atoms with Gasteiger partial charge in [0.2, 0.25) is 0 Å². The van der Waals surface area contributed by atoms with Gasteiger partial charge in [-0.1, -0.05) is 24.3 Å². The van der Waals surface area contributed by atoms with Crippen molar-refractivity contribution in [1.82, 2.24) is 5.32 Å². The highest BCUT2D eigenvalue weighted by molar-refractivity contribution is 5.25. The van der Waals surface area contributed by atoms with E-state index in [9.17, 15) is 8.78 Å². The van der Waals surface area contributed by atoms with Gasteiger partial charge in [-0.15, -0.1) is 0 Å². The molecule has 0 bridgehead atoms. The van der Waals surface area contributed by atoms with E-state index < -0.39 is 5.92 Å². The maximum absolute atomic E-state index is 12.9. The lowest BCUT2D eigenvalue weighted by Crippen LogP contribution is -2.15. The maximum Gasteiger partial charge on any atom is 0.270 e. The average Bonchev–Trinajstić information content (AvgIpc) is 2.97. The number of rotatable bonds is 4. The fourth-order valence-electron chi connectivity index (χ4n) is 1.46. The van der Waals surface area contributed by atoms with Crippen LogP contribution < -0.4 is 5.32 Å². The van der Waals surface area contributed by atoms with Crippen LogP contribution in [0.5, 0.6) is 0 Å². The molecule has 1 N–H and O–H groups in total. The minimum absolute atomic E-state index is 0.0812. The summed E-state index contributed by atoms with van der Waals surface area (Å²) in [6.45, 7) is 1.70. The second kappa shape index (κ2) is 3.89. The third-order valence-corrected chi connectivity index (χ3v) is 2.63. The van der Waals surface area contributed by atoms with Crippen LogP contribution in [-0.2, 0) is 12.5 Å². The molecule has 1 fully saturated rings. The van der Waals surface area contributed by atoms with E-state index in [-0.39, 0.29) is 5.56 Å². The van der Waals surface area contributed by atoms with Crippen molar-refractivity contribution in [2.75, 3.05) is 0 Å². The van der Waals surface area contributed by atoms with Gasteiger partial charge in [0, 0.05) is 25.1 Å². The van der Waals surface area contributed by atoms with Gasteiger partial charge in [-0.25, -0.2) is 8.78 Å². The molecule has 2 rings (SSSR count). The van der Waals surface area contributed by atoms with Gasteiger partial charge in [-0.05, 0) is 18.4 Å². The van der Waals surface area contributed by atoms with Crippen LogP contribution in [0.25, 0.3) is 0 Å². The molecule has 0 unspecified atom stereocenters. The molecule has 1 aromatic carbocycles. The fraction of sp³-hybridized carbons (Fsp3) is 0.500. The van der Waals surface area contributed by atoms with Crippen molar-refractivity contribution < 1.29 is 8.78 Å².